The molecule has 1 fully saturated rings. The number of hydrogen-bond donors (Lipinski definition) is 1. The molecule has 0 radical (unpaired) electrons. The van der Waals surface area contributed by atoms with Gasteiger partial charge in [-0.2, -0.15) is 0 Å². The molecule has 0 unspecified atom stereocenters. The molecule has 3 heterocycles. The van der Waals surface area contributed by atoms with Crippen molar-refractivity contribution >= 4 is 23.2 Å². The average molecular weight is 402 g/mol. The number of likely N-dealkylation sites (N-methyl/N-ethyl adjacent to an activating group) is 1. The lowest BCUT2D eigenvalue weighted by atomic mass is 10.0. The number of nitrogens with two attached hydrogens (primary N) is 1. The number of imidazole rings is 1. The predicted octanol–water partition coefficient (Wildman–Crippen LogP) is 2.64. The van der Waals surface area contributed by atoms with Crippen molar-refractivity contribution in [3.63, 3.8) is 0 Å². The summed E-state index contributed by atoms with van der Waals surface area (Å²) in [5, 5.41) is 0.293. The molecule has 1 amide bonds. The normalized spacial score (nSPS) is 15.4. The van der Waals surface area contributed by atoms with Crippen molar-refractivity contribution in [2.45, 2.75) is 6.54 Å². The number of amides is 1. The van der Waals surface area contributed by atoms with E-state index in [1.54, 1.807) is 16.7 Å². The van der Waals surface area contributed by atoms with E-state index in [9.17, 15) is 9.18 Å². The molecule has 8 heteroatoms. The Morgan fingerprint density at radius 3 is 2.64 bits per heavy atom. The first kappa shape index (κ1) is 18.9. The first-order chi connectivity index (χ1) is 13.5. The molecule has 0 spiro atoms. The number of rotatable bonds is 3. The largest absolute Gasteiger partial charge is 0.335 e. The van der Waals surface area contributed by atoms with E-state index in [4.69, 9.17) is 17.3 Å². The van der Waals surface area contributed by atoms with Gasteiger partial charge in [0.05, 0.1) is 11.2 Å². The third kappa shape index (κ3) is 3.37. The monoisotopic (exact) mass is 401 g/mol. The summed E-state index contributed by atoms with van der Waals surface area (Å²) in [6.07, 6.45) is 3.40. The SMILES string of the molecule is CN1CCN(C(=O)c2cnc3cc(CN)c(-c4ccc(F)cc4Cl)cn23)CC1. The first-order valence-corrected chi connectivity index (χ1v) is 9.49. The van der Waals surface area contributed by atoms with E-state index in [1.165, 1.54) is 12.1 Å². The molecule has 146 valence electrons. The Kier molecular flexibility index (Phi) is 5.05. The minimum Gasteiger partial charge on any atom is -0.335 e. The highest BCUT2D eigenvalue weighted by Crippen LogP contribution is 2.32. The third-order valence-corrected chi connectivity index (χ3v) is 5.50. The van der Waals surface area contributed by atoms with Crippen molar-refractivity contribution in [2.75, 3.05) is 33.2 Å². The van der Waals surface area contributed by atoms with Gasteiger partial charge in [-0.05, 0) is 36.9 Å². The van der Waals surface area contributed by atoms with Crippen molar-refractivity contribution in [1.29, 1.82) is 0 Å². The first-order valence-electron chi connectivity index (χ1n) is 9.11. The summed E-state index contributed by atoms with van der Waals surface area (Å²) in [5.41, 5.74) is 9.29. The molecule has 0 saturated carbocycles. The van der Waals surface area contributed by atoms with Crippen molar-refractivity contribution in [3.8, 4) is 11.1 Å². The molecule has 1 aliphatic rings. The number of aromatic nitrogens is 2. The van der Waals surface area contributed by atoms with Crippen LogP contribution in [-0.4, -0.2) is 58.3 Å². The van der Waals surface area contributed by atoms with Crippen LogP contribution < -0.4 is 5.73 Å². The zero-order valence-corrected chi connectivity index (χ0v) is 16.3. The predicted molar refractivity (Wildman–Crippen MR) is 107 cm³/mol. The van der Waals surface area contributed by atoms with Crippen LogP contribution in [0.1, 0.15) is 16.1 Å². The van der Waals surface area contributed by atoms with Gasteiger partial charge in [0.15, 0.2) is 0 Å². The van der Waals surface area contributed by atoms with Crippen LogP contribution in [0.3, 0.4) is 0 Å². The summed E-state index contributed by atoms with van der Waals surface area (Å²) >= 11 is 6.27. The number of halogens is 2. The molecule has 0 atom stereocenters. The quantitative estimate of drug-likeness (QED) is 0.732. The van der Waals surface area contributed by atoms with E-state index in [0.717, 1.165) is 24.2 Å². The number of fused-ring (bicyclic) bond motifs is 1. The fourth-order valence-electron chi connectivity index (χ4n) is 3.51. The van der Waals surface area contributed by atoms with Crippen LogP contribution >= 0.6 is 11.6 Å². The standard InChI is InChI=1S/C20H21ClFN5O/c1-25-4-6-26(7-5-25)20(28)18-11-24-19-8-13(10-23)16(12-27(18)19)15-3-2-14(22)9-17(15)21/h2-3,8-9,11-12H,4-7,10,23H2,1H3. The number of hydrogen-bond acceptors (Lipinski definition) is 4. The molecule has 2 aromatic heterocycles. The molecule has 1 saturated heterocycles. The Bertz CT molecular complexity index is 1040. The summed E-state index contributed by atoms with van der Waals surface area (Å²) in [5.74, 6) is -0.463. The molecular formula is C20H21ClFN5O. The van der Waals surface area contributed by atoms with Gasteiger partial charge in [-0.1, -0.05) is 11.6 Å². The second-order valence-electron chi connectivity index (χ2n) is 7.01. The van der Waals surface area contributed by atoms with Gasteiger partial charge in [0.25, 0.3) is 5.91 Å². The van der Waals surface area contributed by atoms with E-state index >= 15 is 0 Å². The molecule has 0 aliphatic carbocycles. The number of carbonyl (C=O) groups is 1. The molecule has 1 aliphatic heterocycles. The molecule has 28 heavy (non-hydrogen) atoms. The van der Waals surface area contributed by atoms with E-state index < -0.39 is 5.82 Å². The van der Waals surface area contributed by atoms with Crippen LogP contribution in [0.25, 0.3) is 16.8 Å². The van der Waals surface area contributed by atoms with Crippen molar-refractivity contribution < 1.29 is 9.18 Å². The van der Waals surface area contributed by atoms with Gasteiger partial charge >= 0.3 is 0 Å². The zero-order chi connectivity index (χ0) is 19.8. The van der Waals surface area contributed by atoms with Crippen LogP contribution in [0.2, 0.25) is 5.02 Å². The highest BCUT2D eigenvalue weighted by atomic mass is 35.5. The average Bonchev–Trinajstić information content (AvgIpc) is 3.10. The summed E-state index contributed by atoms with van der Waals surface area (Å²) in [6.45, 7) is 3.32. The maximum absolute atomic E-state index is 13.5. The van der Waals surface area contributed by atoms with Gasteiger partial charge in [0, 0.05) is 50.0 Å². The number of piperazine rings is 1. The van der Waals surface area contributed by atoms with Gasteiger partial charge in [-0.25, -0.2) is 9.37 Å². The van der Waals surface area contributed by atoms with Gasteiger partial charge in [0.2, 0.25) is 0 Å². The maximum Gasteiger partial charge on any atom is 0.272 e. The van der Waals surface area contributed by atoms with E-state index in [-0.39, 0.29) is 12.5 Å². The summed E-state index contributed by atoms with van der Waals surface area (Å²) in [7, 11) is 2.04. The Balaban J connectivity index is 1.79. The number of carbonyl (C=O) groups excluding carboxylic acids is 1. The summed E-state index contributed by atoms with van der Waals surface area (Å²) in [6, 6.07) is 6.09. The summed E-state index contributed by atoms with van der Waals surface area (Å²) in [4.78, 5) is 21.5. The van der Waals surface area contributed by atoms with E-state index in [2.05, 4.69) is 9.88 Å². The van der Waals surface area contributed by atoms with Crippen LogP contribution in [0.15, 0.2) is 36.7 Å². The number of benzene rings is 1. The van der Waals surface area contributed by atoms with Gasteiger partial charge in [-0.15, -0.1) is 0 Å². The Morgan fingerprint density at radius 1 is 1.21 bits per heavy atom. The van der Waals surface area contributed by atoms with Crippen LogP contribution in [-0.2, 0) is 6.54 Å². The van der Waals surface area contributed by atoms with Crippen LogP contribution in [0.4, 0.5) is 4.39 Å². The molecule has 0 bridgehead atoms. The van der Waals surface area contributed by atoms with E-state index in [1.807, 2.05) is 24.2 Å². The van der Waals surface area contributed by atoms with Crippen molar-refractivity contribution in [2.24, 2.45) is 5.73 Å². The maximum atomic E-state index is 13.5. The van der Waals surface area contributed by atoms with Crippen molar-refractivity contribution in [3.05, 3.63) is 58.8 Å². The number of nitrogens with zero attached hydrogens (tertiary/aromatic N) is 4. The molecule has 3 aromatic rings. The minimum absolute atomic E-state index is 0.0581. The number of pyridine rings is 1. The van der Waals surface area contributed by atoms with Gasteiger partial charge in [-0.3, -0.25) is 9.20 Å². The molecule has 4 rings (SSSR count). The van der Waals surface area contributed by atoms with Crippen LogP contribution in [0.5, 0.6) is 0 Å². The Labute approximate surface area is 167 Å². The van der Waals surface area contributed by atoms with Crippen LogP contribution in [0, 0.1) is 5.82 Å². The molecule has 2 N–H and O–H groups in total. The Hall–Kier alpha value is -2.48. The lowest BCUT2D eigenvalue weighted by molar-refractivity contribution is 0.0657. The second-order valence-corrected chi connectivity index (χ2v) is 7.41. The lowest BCUT2D eigenvalue weighted by Crippen LogP contribution is -2.47. The molecule has 1 aromatic carbocycles. The topological polar surface area (TPSA) is 66.9 Å². The fourth-order valence-corrected chi connectivity index (χ4v) is 3.78. The lowest BCUT2D eigenvalue weighted by Gasteiger charge is -2.32. The third-order valence-electron chi connectivity index (χ3n) is 5.18. The van der Waals surface area contributed by atoms with Gasteiger partial charge < -0.3 is 15.5 Å². The van der Waals surface area contributed by atoms with E-state index in [0.29, 0.717) is 35.0 Å². The fraction of sp³-hybridized carbons (Fsp3) is 0.300. The minimum atomic E-state index is -0.405. The molecular weight excluding hydrogens is 381 g/mol. The second kappa shape index (κ2) is 7.50. The van der Waals surface area contributed by atoms with Crippen molar-refractivity contribution in [1.82, 2.24) is 19.2 Å². The summed E-state index contributed by atoms with van der Waals surface area (Å²) < 4.78 is 15.2. The highest BCUT2D eigenvalue weighted by molar-refractivity contribution is 6.33. The zero-order valence-electron chi connectivity index (χ0n) is 15.5. The smallest absolute Gasteiger partial charge is 0.272 e. The van der Waals surface area contributed by atoms with Gasteiger partial charge in [0.1, 0.15) is 17.2 Å². The Morgan fingerprint density at radius 2 is 1.96 bits per heavy atom. The molecule has 6 nitrogen and oxygen atoms in total. The highest BCUT2D eigenvalue weighted by Gasteiger charge is 2.23.